The van der Waals surface area contributed by atoms with Gasteiger partial charge in [-0.05, 0) is 147 Å². The Kier molecular flexibility index (Phi) is 20.0. The van der Waals surface area contributed by atoms with Crippen LogP contribution in [0.2, 0.25) is 0 Å². The molecule has 0 radical (unpaired) electrons. The van der Waals surface area contributed by atoms with Crippen molar-refractivity contribution in [1.29, 1.82) is 0 Å². The van der Waals surface area contributed by atoms with Crippen molar-refractivity contribution in [1.82, 2.24) is 0 Å². The first-order valence-corrected chi connectivity index (χ1v) is 20.3. The summed E-state index contributed by atoms with van der Waals surface area (Å²) in [6, 6.07) is 30.4. The molecule has 64 heavy (non-hydrogen) atoms. The maximum absolute atomic E-state index is 12.8. The molecule has 332 valence electrons. The minimum Gasteiger partial charge on any atom is -0.494 e. The van der Waals surface area contributed by atoms with E-state index < -0.39 is 35.8 Å². The summed E-state index contributed by atoms with van der Waals surface area (Å²) < 4.78 is 42.9. The lowest BCUT2D eigenvalue weighted by Crippen LogP contribution is -2.11. The van der Waals surface area contributed by atoms with Gasteiger partial charge in [-0.2, -0.15) is 0 Å². The summed E-state index contributed by atoms with van der Waals surface area (Å²) in [5.74, 6) is -1.50. The van der Waals surface area contributed by atoms with Gasteiger partial charge in [-0.3, -0.25) is 0 Å². The van der Waals surface area contributed by atoms with Crippen molar-refractivity contribution in [3.63, 3.8) is 0 Å². The fourth-order valence-electron chi connectivity index (χ4n) is 5.18. The molecule has 0 amide bonds. The van der Waals surface area contributed by atoms with Crippen molar-refractivity contribution < 1.29 is 66.7 Å². The summed E-state index contributed by atoms with van der Waals surface area (Å²) in [6.45, 7) is 12.1. The molecule has 0 aliphatic rings. The number of carbonyl (C=O) groups is 6. The number of esters is 6. The van der Waals surface area contributed by atoms with Crippen molar-refractivity contribution in [3.8, 4) is 34.5 Å². The van der Waals surface area contributed by atoms with E-state index in [4.69, 9.17) is 37.9 Å². The molecule has 0 aromatic heterocycles. The first-order chi connectivity index (χ1) is 31.1. The molecule has 5 rings (SSSR count). The summed E-state index contributed by atoms with van der Waals surface area (Å²) in [5, 5.41) is 0. The van der Waals surface area contributed by atoms with Crippen molar-refractivity contribution in [2.24, 2.45) is 0 Å². The first-order valence-electron chi connectivity index (χ1n) is 20.3. The van der Waals surface area contributed by atoms with Gasteiger partial charge in [-0.15, -0.1) is 0 Å². The first kappa shape index (κ1) is 48.7. The Hall–Kier alpha value is -8.00. The highest BCUT2D eigenvalue weighted by atomic mass is 16.6. The largest absolute Gasteiger partial charge is 0.494 e. The molecule has 0 aliphatic heterocycles. The Labute approximate surface area is 370 Å². The highest BCUT2D eigenvalue weighted by Crippen LogP contribution is 2.23. The van der Waals surface area contributed by atoms with Crippen molar-refractivity contribution in [2.75, 3.05) is 26.4 Å². The minimum atomic E-state index is -0.665. The molecule has 0 N–H and O–H groups in total. The number of ether oxygens (including phenoxy) is 8. The molecule has 0 unspecified atom stereocenters. The van der Waals surface area contributed by atoms with Gasteiger partial charge >= 0.3 is 35.8 Å². The molecule has 0 saturated carbocycles. The third-order valence-electron chi connectivity index (χ3n) is 8.46. The van der Waals surface area contributed by atoms with E-state index in [1.54, 1.807) is 48.5 Å². The lowest BCUT2D eigenvalue weighted by Gasteiger charge is -2.09. The van der Waals surface area contributed by atoms with Crippen LogP contribution >= 0.6 is 0 Å². The molecule has 5 aromatic carbocycles. The van der Waals surface area contributed by atoms with Gasteiger partial charge in [0.2, 0.25) is 0 Å². The quantitative estimate of drug-likeness (QED) is 0.0278. The minimum absolute atomic E-state index is 0.195. The second-order valence-electron chi connectivity index (χ2n) is 13.0. The van der Waals surface area contributed by atoms with E-state index in [1.165, 1.54) is 72.8 Å². The number of hydrogen-bond acceptors (Lipinski definition) is 14. The Morgan fingerprint density at radius 3 is 0.828 bits per heavy atom. The van der Waals surface area contributed by atoms with Crippen LogP contribution in [-0.4, -0.2) is 62.2 Å². The second-order valence-corrected chi connectivity index (χ2v) is 13.0. The summed E-state index contributed by atoms with van der Waals surface area (Å²) >= 11 is 0. The lowest BCUT2D eigenvalue weighted by molar-refractivity contribution is -0.138. The average molecular weight is 873 g/mol. The van der Waals surface area contributed by atoms with E-state index in [9.17, 15) is 28.8 Å². The van der Waals surface area contributed by atoms with Gasteiger partial charge in [0, 0.05) is 12.2 Å². The monoisotopic (exact) mass is 872 g/mol. The van der Waals surface area contributed by atoms with E-state index in [-0.39, 0.29) is 47.3 Å². The number of hydrogen-bond donors (Lipinski definition) is 0. The van der Waals surface area contributed by atoms with Gasteiger partial charge in [0.25, 0.3) is 0 Å². The molecule has 0 saturated heterocycles. The van der Waals surface area contributed by atoms with Crippen molar-refractivity contribution in [3.05, 3.63) is 169 Å². The zero-order chi connectivity index (χ0) is 46.1. The van der Waals surface area contributed by atoms with Gasteiger partial charge in [-0.25, -0.2) is 28.8 Å². The number of benzene rings is 5. The van der Waals surface area contributed by atoms with Crippen LogP contribution in [0.3, 0.4) is 0 Å². The molecular formula is C50H48O14. The van der Waals surface area contributed by atoms with E-state index in [1.807, 2.05) is 13.8 Å². The van der Waals surface area contributed by atoms with Gasteiger partial charge in [0.1, 0.15) is 34.5 Å². The smallest absolute Gasteiger partial charge is 0.343 e. The van der Waals surface area contributed by atoms with Crippen molar-refractivity contribution in [2.45, 2.75) is 39.5 Å². The third-order valence-corrected chi connectivity index (χ3v) is 8.46. The van der Waals surface area contributed by atoms with Crippen LogP contribution in [0.15, 0.2) is 147 Å². The molecule has 0 spiro atoms. The predicted octanol–water partition coefficient (Wildman–Crippen LogP) is 9.37. The second kappa shape index (κ2) is 26.4. The molecule has 5 aromatic rings. The fourth-order valence-corrected chi connectivity index (χ4v) is 5.18. The highest BCUT2D eigenvalue weighted by molar-refractivity contribution is 5.94. The molecular weight excluding hydrogens is 825 g/mol. The van der Waals surface area contributed by atoms with E-state index in [0.29, 0.717) is 61.5 Å². The van der Waals surface area contributed by atoms with Gasteiger partial charge in [0.15, 0.2) is 0 Å². The van der Waals surface area contributed by atoms with Crippen molar-refractivity contribution >= 4 is 35.8 Å². The van der Waals surface area contributed by atoms with Crippen LogP contribution < -0.4 is 28.4 Å². The van der Waals surface area contributed by atoms with Gasteiger partial charge in [-0.1, -0.05) is 27.0 Å². The molecule has 0 heterocycles. The zero-order valence-electron chi connectivity index (χ0n) is 35.5. The number of unbranched alkanes of at least 4 members (excludes halogenated alkanes) is 2. The molecule has 0 bridgehead atoms. The van der Waals surface area contributed by atoms with E-state index in [0.717, 1.165) is 12.2 Å². The van der Waals surface area contributed by atoms with E-state index in [2.05, 4.69) is 13.2 Å². The normalized spacial score (nSPS) is 10.1. The Balaban J connectivity index is 0.00000442. The lowest BCUT2D eigenvalue weighted by atomic mass is 10.2. The molecule has 0 aliphatic carbocycles. The van der Waals surface area contributed by atoms with Crippen LogP contribution in [0.1, 0.15) is 81.0 Å². The van der Waals surface area contributed by atoms with Crippen LogP contribution in [0.25, 0.3) is 0 Å². The molecule has 0 fully saturated rings. The third kappa shape index (κ3) is 16.5. The summed E-state index contributed by atoms with van der Waals surface area (Å²) in [5.41, 5.74) is 0.997. The maximum atomic E-state index is 12.8. The summed E-state index contributed by atoms with van der Waals surface area (Å²) in [7, 11) is 0. The average Bonchev–Trinajstić information content (AvgIpc) is 3.33. The van der Waals surface area contributed by atoms with Gasteiger partial charge in [0.05, 0.1) is 48.7 Å². The SMILES string of the molecule is C=CC(=O)OCCCCOc1ccc(C(=O)Oc2ccc(C(=O)Oc3ccc(OC(=O)c4ccc(OC(=O)c5ccc(OCCCCOC(=O)C=C)cc5)cc4)cc3)cc2)cc1.CC. The van der Waals surface area contributed by atoms with Crippen LogP contribution in [0, 0.1) is 0 Å². The number of carbonyl (C=O) groups excluding carboxylic acids is 6. The zero-order valence-corrected chi connectivity index (χ0v) is 35.5. The predicted molar refractivity (Wildman–Crippen MR) is 235 cm³/mol. The molecule has 0 atom stereocenters. The Morgan fingerprint density at radius 1 is 0.359 bits per heavy atom. The van der Waals surface area contributed by atoms with E-state index >= 15 is 0 Å². The van der Waals surface area contributed by atoms with Crippen LogP contribution in [0.5, 0.6) is 34.5 Å². The molecule has 14 heteroatoms. The molecule has 14 nitrogen and oxygen atoms in total. The maximum Gasteiger partial charge on any atom is 0.343 e. The van der Waals surface area contributed by atoms with Gasteiger partial charge < -0.3 is 37.9 Å². The van der Waals surface area contributed by atoms with Crippen LogP contribution in [-0.2, 0) is 19.1 Å². The Bertz CT molecular complexity index is 2150. The summed E-state index contributed by atoms with van der Waals surface area (Å²) in [4.78, 5) is 73.0. The van der Waals surface area contributed by atoms with Crippen LogP contribution in [0.4, 0.5) is 0 Å². The topological polar surface area (TPSA) is 176 Å². The standard InChI is InChI=1S/C48H42O14.C2H6/c1-3-43(49)57-31-7-5-29-55-37-17-9-33(10-18-37)45(51)59-39-21-13-35(14-22-39)47(53)61-41-25-27-42(28-26-41)62-48(54)36-15-23-40(24-16-36)60-46(52)34-11-19-38(20-12-34)56-30-6-8-32-58-44(50)4-2;1-2/h3-4,9-28H,1-2,5-8,29-32H2;1-2H3. The summed E-state index contributed by atoms with van der Waals surface area (Å²) in [6.07, 6.45) is 4.83. The fraction of sp³-hybridized carbons (Fsp3) is 0.200. The highest BCUT2D eigenvalue weighted by Gasteiger charge is 2.15. The Morgan fingerprint density at radius 2 is 0.578 bits per heavy atom. The number of rotatable bonds is 22.